The molecule has 0 aliphatic carbocycles. The van der Waals surface area contributed by atoms with Gasteiger partial charge in [0.2, 0.25) is 0 Å². The van der Waals surface area contributed by atoms with Crippen molar-refractivity contribution in [3.63, 3.8) is 0 Å². The molecule has 4 heteroatoms. The van der Waals surface area contributed by atoms with E-state index >= 15 is 0 Å². The van der Waals surface area contributed by atoms with Gasteiger partial charge >= 0.3 is 0 Å². The van der Waals surface area contributed by atoms with Crippen molar-refractivity contribution in [1.82, 2.24) is 15.0 Å². The molecule has 12 heavy (non-hydrogen) atoms. The lowest BCUT2D eigenvalue weighted by Gasteiger charge is -2.03. The Morgan fingerprint density at radius 3 is 3.08 bits per heavy atom. The van der Waals surface area contributed by atoms with E-state index in [0.29, 0.717) is 6.54 Å². The first-order chi connectivity index (χ1) is 5.74. The van der Waals surface area contributed by atoms with Crippen LogP contribution in [0.1, 0.15) is 12.6 Å². The van der Waals surface area contributed by atoms with Crippen molar-refractivity contribution >= 4 is 0 Å². The number of hydrogen-bond acceptors (Lipinski definition) is 3. The largest absolute Gasteiger partial charge is 0.330 e. The minimum Gasteiger partial charge on any atom is -0.330 e. The molecular formula is C8H14N4. The average molecular weight is 166 g/mol. The van der Waals surface area contributed by atoms with Gasteiger partial charge in [0.25, 0.3) is 0 Å². The zero-order valence-electron chi connectivity index (χ0n) is 7.32. The molecule has 0 aromatic carbocycles. The predicted molar refractivity (Wildman–Crippen MR) is 47.6 cm³/mol. The molecule has 0 aliphatic heterocycles. The summed E-state index contributed by atoms with van der Waals surface area (Å²) in [6.07, 6.45) is 2.57. The topological polar surface area (TPSA) is 56.7 Å². The first-order valence-electron chi connectivity index (χ1n) is 3.96. The van der Waals surface area contributed by atoms with E-state index in [1.54, 1.807) is 6.20 Å². The maximum Gasteiger partial charge on any atom is 0.0725 e. The van der Waals surface area contributed by atoms with Gasteiger partial charge in [0.1, 0.15) is 0 Å². The van der Waals surface area contributed by atoms with E-state index in [0.717, 1.165) is 24.2 Å². The number of rotatable bonds is 4. The molecule has 1 aromatic rings. The van der Waals surface area contributed by atoms with Crippen LogP contribution in [0.15, 0.2) is 18.3 Å². The first kappa shape index (κ1) is 8.93. The lowest BCUT2D eigenvalue weighted by Crippen LogP contribution is -2.10. The van der Waals surface area contributed by atoms with E-state index in [9.17, 15) is 0 Å². The summed E-state index contributed by atoms with van der Waals surface area (Å²) in [6, 6.07) is 0. The standard InChI is InChI=1S/C8H14N4/c1-7(2)6-12-8(3-4-9)5-10-11-12/h5H,1,3-4,6,9H2,2H3. The van der Waals surface area contributed by atoms with Crippen LogP contribution in [0.2, 0.25) is 0 Å². The minimum atomic E-state index is 0.629. The van der Waals surface area contributed by atoms with Gasteiger partial charge in [-0.15, -0.1) is 5.10 Å². The molecule has 0 saturated carbocycles. The smallest absolute Gasteiger partial charge is 0.0725 e. The van der Waals surface area contributed by atoms with Crippen molar-refractivity contribution in [1.29, 1.82) is 0 Å². The molecule has 66 valence electrons. The number of aromatic nitrogens is 3. The molecule has 0 atom stereocenters. The zero-order chi connectivity index (χ0) is 8.97. The summed E-state index contributed by atoms with van der Waals surface area (Å²) in [7, 11) is 0. The highest BCUT2D eigenvalue weighted by Gasteiger charge is 2.01. The Hall–Kier alpha value is -1.16. The Labute approximate surface area is 72.1 Å². The molecule has 0 bridgehead atoms. The first-order valence-corrected chi connectivity index (χ1v) is 3.96. The summed E-state index contributed by atoms with van der Waals surface area (Å²) >= 11 is 0. The lowest BCUT2D eigenvalue weighted by atomic mass is 10.3. The van der Waals surface area contributed by atoms with Crippen LogP contribution in [0.5, 0.6) is 0 Å². The summed E-state index contributed by atoms with van der Waals surface area (Å²) in [6.45, 7) is 7.14. The van der Waals surface area contributed by atoms with Crippen LogP contribution in [0, 0.1) is 0 Å². The molecule has 0 radical (unpaired) electrons. The zero-order valence-corrected chi connectivity index (χ0v) is 7.32. The fraction of sp³-hybridized carbons (Fsp3) is 0.500. The van der Waals surface area contributed by atoms with E-state index in [-0.39, 0.29) is 0 Å². The Morgan fingerprint density at radius 2 is 2.50 bits per heavy atom. The Bertz CT molecular complexity index is 264. The summed E-state index contributed by atoms with van der Waals surface area (Å²) in [5.41, 5.74) is 7.57. The number of allylic oxidation sites excluding steroid dienone is 1. The number of hydrogen-bond donors (Lipinski definition) is 1. The quantitative estimate of drug-likeness (QED) is 0.657. The van der Waals surface area contributed by atoms with Gasteiger partial charge in [-0.1, -0.05) is 17.4 Å². The molecule has 1 aromatic heterocycles. The molecule has 0 fully saturated rings. The molecule has 0 amide bonds. The van der Waals surface area contributed by atoms with Gasteiger partial charge < -0.3 is 5.73 Å². The van der Waals surface area contributed by atoms with Crippen molar-refractivity contribution in [3.05, 3.63) is 24.0 Å². The average Bonchev–Trinajstić information content (AvgIpc) is 2.37. The van der Waals surface area contributed by atoms with Crippen molar-refractivity contribution < 1.29 is 0 Å². The molecule has 1 heterocycles. The van der Waals surface area contributed by atoms with Gasteiger partial charge in [-0.2, -0.15) is 0 Å². The van der Waals surface area contributed by atoms with E-state index < -0.39 is 0 Å². The van der Waals surface area contributed by atoms with E-state index in [2.05, 4.69) is 16.9 Å². The van der Waals surface area contributed by atoms with Crippen LogP contribution < -0.4 is 5.73 Å². The second-order valence-corrected chi connectivity index (χ2v) is 2.88. The van der Waals surface area contributed by atoms with Crippen LogP contribution in [0.3, 0.4) is 0 Å². The van der Waals surface area contributed by atoms with E-state index in [1.165, 1.54) is 0 Å². The van der Waals surface area contributed by atoms with Gasteiger partial charge in [0, 0.05) is 6.42 Å². The van der Waals surface area contributed by atoms with Crippen LogP contribution in [-0.2, 0) is 13.0 Å². The molecule has 2 N–H and O–H groups in total. The second-order valence-electron chi connectivity index (χ2n) is 2.88. The Balaban J connectivity index is 2.69. The molecular weight excluding hydrogens is 152 g/mol. The third kappa shape index (κ3) is 2.17. The van der Waals surface area contributed by atoms with Crippen LogP contribution in [0.25, 0.3) is 0 Å². The molecule has 4 nitrogen and oxygen atoms in total. The normalized spacial score (nSPS) is 10.2. The third-order valence-corrected chi connectivity index (χ3v) is 1.52. The highest BCUT2D eigenvalue weighted by Crippen LogP contribution is 2.00. The molecule has 0 unspecified atom stereocenters. The summed E-state index contributed by atoms with van der Waals surface area (Å²) in [5, 5.41) is 7.74. The van der Waals surface area contributed by atoms with Crippen molar-refractivity contribution in [2.75, 3.05) is 6.54 Å². The Kier molecular flexibility index (Phi) is 2.99. The molecule has 0 aliphatic rings. The van der Waals surface area contributed by atoms with Gasteiger partial charge in [-0.3, -0.25) is 0 Å². The maximum absolute atomic E-state index is 5.43. The summed E-state index contributed by atoms with van der Waals surface area (Å²) in [5.74, 6) is 0. The lowest BCUT2D eigenvalue weighted by molar-refractivity contribution is 0.611. The van der Waals surface area contributed by atoms with Crippen LogP contribution >= 0.6 is 0 Å². The SMILES string of the molecule is C=C(C)Cn1nncc1CCN. The number of nitrogens with zero attached hydrogens (tertiary/aromatic N) is 3. The van der Waals surface area contributed by atoms with Crippen molar-refractivity contribution in [2.24, 2.45) is 5.73 Å². The summed E-state index contributed by atoms with van der Waals surface area (Å²) < 4.78 is 1.83. The Morgan fingerprint density at radius 1 is 1.75 bits per heavy atom. The number of nitrogens with two attached hydrogens (primary N) is 1. The van der Waals surface area contributed by atoms with Crippen LogP contribution in [-0.4, -0.2) is 21.5 Å². The van der Waals surface area contributed by atoms with Crippen molar-refractivity contribution in [3.8, 4) is 0 Å². The fourth-order valence-corrected chi connectivity index (χ4v) is 1.01. The van der Waals surface area contributed by atoms with Gasteiger partial charge in [0.15, 0.2) is 0 Å². The molecule has 1 rings (SSSR count). The maximum atomic E-state index is 5.43. The van der Waals surface area contributed by atoms with Gasteiger partial charge in [-0.25, -0.2) is 4.68 Å². The minimum absolute atomic E-state index is 0.629. The van der Waals surface area contributed by atoms with E-state index in [1.807, 2.05) is 11.6 Å². The molecule has 0 spiro atoms. The van der Waals surface area contributed by atoms with Crippen molar-refractivity contribution in [2.45, 2.75) is 19.9 Å². The summed E-state index contributed by atoms with van der Waals surface area (Å²) in [4.78, 5) is 0. The van der Waals surface area contributed by atoms with Crippen LogP contribution in [0.4, 0.5) is 0 Å². The molecule has 0 saturated heterocycles. The van der Waals surface area contributed by atoms with E-state index in [4.69, 9.17) is 5.73 Å². The van der Waals surface area contributed by atoms with Gasteiger partial charge in [0.05, 0.1) is 18.4 Å². The third-order valence-electron chi connectivity index (χ3n) is 1.52. The predicted octanol–water partition coefficient (Wildman–Crippen LogP) is 0.355. The highest BCUT2D eigenvalue weighted by molar-refractivity contribution is 4.98. The second kappa shape index (κ2) is 4.01. The monoisotopic (exact) mass is 166 g/mol. The highest BCUT2D eigenvalue weighted by atomic mass is 15.4. The van der Waals surface area contributed by atoms with Gasteiger partial charge in [-0.05, 0) is 13.5 Å². The fourth-order valence-electron chi connectivity index (χ4n) is 1.01.